The van der Waals surface area contributed by atoms with Crippen molar-refractivity contribution in [3.63, 3.8) is 0 Å². The first-order valence-electron chi connectivity index (χ1n) is 6.74. The first-order chi connectivity index (χ1) is 9.38. The Kier molecular flexibility index (Phi) is 4.11. The van der Waals surface area contributed by atoms with E-state index in [2.05, 4.69) is 13.1 Å². The molecule has 1 aromatic rings. The van der Waals surface area contributed by atoms with Gasteiger partial charge in [-0.05, 0) is 24.2 Å². The van der Waals surface area contributed by atoms with E-state index in [1.54, 1.807) is 7.11 Å². The molecule has 1 aliphatic rings. The van der Waals surface area contributed by atoms with Crippen molar-refractivity contribution >= 4 is 20.3 Å². The van der Waals surface area contributed by atoms with E-state index in [-0.39, 0.29) is 5.54 Å². The molecule has 3 unspecified atom stereocenters. The molecule has 1 aromatic carbocycles. The molecule has 1 saturated heterocycles. The lowest BCUT2D eigenvalue weighted by atomic mass is 9.86. The van der Waals surface area contributed by atoms with E-state index in [1.165, 1.54) is 0 Å². The molecule has 2 rings (SSSR count). The Morgan fingerprint density at radius 2 is 1.75 bits per heavy atom. The summed E-state index contributed by atoms with van der Waals surface area (Å²) < 4.78 is 10.5. The number of carbonyl (C=O) groups excluding carboxylic acids is 2. The number of hydrogen-bond acceptors (Lipinski definition) is 4. The maximum absolute atomic E-state index is 12.1. The van der Waals surface area contributed by atoms with E-state index < -0.39 is 32.1 Å². The molecule has 4 nitrogen and oxygen atoms in total. The van der Waals surface area contributed by atoms with Gasteiger partial charge in [0.25, 0.3) is 0 Å². The Bertz CT molecular complexity index is 512. The lowest BCUT2D eigenvalue weighted by molar-refractivity contribution is -0.153. The van der Waals surface area contributed by atoms with Crippen LogP contribution >= 0.6 is 0 Å². The lowest BCUT2D eigenvalue weighted by Gasteiger charge is -2.32. The van der Waals surface area contributed by atoms with Crippen molar-refractivity contribution in [2.75, 3.05) is 7.11 Å². The average Bonchev–Trinajstić information content (AvgIpc) is 2.73. The van der Waals surface area contributed by atoms with Gasteiger partial charge in [0.2, 0.25) is 0 Å². The highest BCUT2D eigenvalue weighted by molar-refractivity contribution is 6.72. The van der Waals surface area contributed by atoms with Gasteiger partial charge in [-0.2, -0.15) is 0 Å². The van der Waals surface area contributed by atoms with Crippen LogP contribution in [0.2, 0.25) is 18.6 Å². The molecule has 0 aromatic heterocycles. The summed E-state index contributed by atoms with van der Waals surface area (Å²) in [6.07, 6.45) is 0. The van der Waals surface area contributed by atoms with Gasteiger partial charge < -0.3 is 9.16 Å². The normalized spacial score (nSPS) is 24.6. The van der Waals surface area contributed by atoms with Crippen molar-refractivity contribution in [2.45, 2.75) is 31.5 Å². The van der Waals surface area contributed by atoms with E-state index in [1.807, 2.05) is 37.3 Å². The topological polar surface area (TPSA) is 52.6 Å². The van der Waals surface area contributed by atoms with Gasteiger partial charge in [0.15, 0.2) is 8.32 Å². The molecule has 0 bridgehead atoms. The fourth-order valence-electron chi connectivity index (χ4n) is 2.63. The molecule has 0 radical (unpaired) electrons. The minimum absolute atomic E-state index is 0.00310. The van der Waals surface area contributed by atoms with Crippen LogP contribution in [0.15, 0.2) is 30.3 Å². The van der Waals surface area contributed by atoms with Crippen molar-refractivity contribution in [2.24, 2.45) is 5.92 Å². The molecule has 1 heterocycles. The molecule has 1 fully saturated rings. The highest BCUT2D eigenvalue weighted by atomic mass is 28.4. The smallest absolute Gasteiger partial charge is 0.321 e. The molecule has 1 aliphatic heterocycles. The van der Waals surface area contributed by atoms with Crippen LogP contribution in [0.25, 0.3) is 0 Å². The number of ether oxygens (including phenoxy) is 1. The van der Waals surface area contributed by atoms with Crippen LogP contribution in [-0.4, -0.2) is 27.4 Å². The van der Waals surface area contributed by atoms with Gasteiger partial charge in [-0.3, -0.25) is 9.59 Å². The van der Waals surface area contributed by atoms with Crippen LogP contribution in [0, 0.1) is 5.92 Å². The predicted octanol–water partition coefficient (Wildman–Crippen LogP) is 2.71. The standard InChI is InChI=1S/C15H20O4Si/c1-10(20(3,4)18-2)12-13(15(17)19-14(12)16)11-8-6-5-7-9-11/h5-10,12-13H,1-4H3. The summed E-state index contributed by atoms with van der Waals surface area (Å²) in [5, 5.41) is 0. The second-order valence-electron chi connectivity index (χ2n) is 5.75. The zero-order valence-corrected chi connectivity index (χ0v) is 13.3. The van der Waals surface area contributed by atoms with Crippen LogP contribution in [0.1, 0.15) is 18.4 Å². The molecule has 5 heteroatoms. The molecule has 0 saturated carbocycles. The number of carbonyl (C=O) groups is 2. The van der Waals surface area contributed by atoms with Gasteiger partial charge in [-0.1, -0.05) is 37.3 Å². The third kappa shape index (κ3) is 2.55. The summed E-state index contributed by atoms with van der Waals surface area (Å²) in [4.78, 5) is 24.1. The number of esters is 2. The lowest BCUT2D eigenvalue weighted by Crippen LogP contribution is -2.40. The largest absolute Gasteiger partial charge is 0.420 e. The van der Waals surface area contributed by atoms with Crippen molar-refractivity contribution in [3.05, 3.63) is 35.9 Å². The van der Waals surface area contributed by atoms with Crippen molar-refractivity contribution < 1.29 is 18.8 Å². The zero-order chi connectivity index (χ0) is 14.9. The molecule has 3 atom stereocenters. The Morgan fingerprint density at radius 3 is 2.30 bits per heavy atom. The van der Waals surface area contributed by atoms with Gasteiger partial charge in [0.05, 0.1) is 11.8 Å². The van der Waals surface area contributed by atoms with Gasteiger partial charge in [-0.25, -0.2) is 0 Å². The van der Waals surface area contributed by atoms with Crippen molar-refractivity contribution in [1.82, 2.24) is 0 Å². The number of benzene rings is 1. The molecular weight excluding hydrogens is 272 g/mol. The summed E-state index contributed by atoms with van der Waals surface area (Å²) in [7, 11) is -0.376. The van der Waals surface area contributed by atoms with E-state index in [9.17, 15) is 9.59 Å². The monoisotopic (exact) mass is 292 g/mol. The van der Waals surface area contributed by atoms with E-state index in [4.69, 9.17) is 9.16 Å². The van der Waals surface area contributed by atoms with Gasteiger partial charge in [-0.15, -0.1) is 0 Å². The minimum Gasteiger partial charge on any atom is -0.420 e. The number of cyclic esters (lactones) is 2. The average molecular weight is 292 g/mol. The molecule has 0 spiro atoms. The third-order valence-corrected chi connectivity index (χ3v) is 8.01. The fraction of sp³-hybridized carbons (Fsp3) is 0.467. The van der Waals surface area contributed by atoms with Gasteiger partial charge in [0, 0.05) is 7.11 Å². The Morgan fingerprint density at radius 1 is 1.15 bits per heavy atom. The highest BCUT2D eigenvalue weighted by Crippen LogP contribution is 2.44. The van der Waals surface area contributed by atoms with Crippen LogP contribution in [0.3, 0.4) is 0 Å². The first kappa shape index (κ1) is 14.9. The quantitative estimate of drug-likeness (QED) is 0.486. The molecule has 0 N–H and O–H groups in total. The molecule has 108 valence electrons. The maximum atomic E-state index is 12.1. The summed E-state index contributed by atoms with van der Waals surface area (Å²) in [6.45, 7) is 6.09. The van der Waals surface area contributed by atoms with E-state index >= 15 is 0 Å². The summed E-state index contributed by atoms with van der Waals surface area (Å²) >= 11 is 0. The maximum Gasteiger partial charge on any atom is 0.321 e. The summed E-state index contributed by atoms with van der Waals surface area (Å²) in [6, 6.07) is 9.35. The minimum atomic E-state index is -2.04. The second-order valence-corrected chi connectivity index (χ2v) is 10.3. The SMILES string of the molecule is CO[Si](C)(C)C(C)C1C(=O)OC(=O)C1c1ccccc1. The van der Waals surface area contributed by atoms with Crippen LogP contribution < -0.4 is 0 Å². The van der Waals surface area contributed by atoms with Gasteiger partial charge >= 0.3 is 11.9 Å². The Balaban J connectivity index is 2.39. The molecule has 20 heavy (non-hydrogen) atoms. The summed E-state index contributed by atoms with van der Waals surface area (Å²) in [5.41, 5.74) is 0.831. The summed E-state index contributed by atoms with van der Waals surface area (Å²) in [5.74, 6) is -1.83. The molecule has 0 amide bonds. The molecular formula is C15H20O4Si. The van der Waals surface area contributed by atoms with Gasteiger partial charge in [0.1, 0.15) is 0 Å². The fourth-order valence-corrected chi connectivity index (χ4v) is 4.19. The highest BCUT2D eigenvalue weighted by Gasteiger charge is 2.52. The Hall–Kier alpha value is -1.46. The van der Waals surface area contributed by atoms with Crippen molar-refractivity contribution in [3.8, 4) is 0 Å². The molecule has 0 aliphatic carbocycles. The zero-order valence-electron chi connectivity index (χ0n) is 12.3. The van der Waals surface area contributed by atoms with Crippen LogP contribution in [0.5, 0.6) is 0 Å². The van der Waals surface area contributed by atoms with Crippen molar-refractivity contribution in [1.29, 1.82) is 0 Å². The number of rotatable bonds is 4. The second kappa shape index (κ2) is 5.50. The van der Waals surface area contributed by atoms with Crippen LogP contribution in [0.4, 0.5) is 0 Å². The Labute approximate surface area is 120 Å². The predicted molar refractivity (Wildman–Crippen MR) is 77.7 cm³/mol. The third-order valence-electron chi connectivity index (χ3n) is 4.41. The first-order valence-corrected chi connectivity index (χ1v) is 9.72. The van der Waals surface area contributed by atoms with E-state index in [0.717, 1.165) is 5.56 Å². The van der Waals surface area contributed by atoms with E-state index in [0.29, 0.717) is 0 Å². The number of hydrogen-bond donors (Lipinski definition) is 0. The van der Waals surface area contributed by atoms with Crippen LogP contribution in [-0.2, 0) is 18.8 Å².